The van der Waals surface area contributed by atoms with Crippen LogP contribution >= 0.6 is 0 Å². The summed E-state index contributed by atoms with van der Waals surface area (Å²) in [6, 6.07) is 13.1. The minimum Gasteiger partial charge on any atom is -0.494 e. The lowest BCUT2D eigenvalue weighted by Gasteiger charge is -2.20. The van der Waals surface area contributed by atoms with E-state index in [2.05, 4.69) is 5.32 Å². The van der Waals surface area contributed by atoms with Crippen molar-refractivity contribution in [2.24, 2.45) is 0 Å². The molecule has 0 unspecified atom stereocenters. The van der Waals surface area contributed by atoms with Gasteiger partial charge in [-0.3, -0.25) is 4.79 Å². The van der Waals surface area contributed by atoms with Gasteiger partial charge in [0.1, 0.15) is 5.75 Å². The van der Waals surface area contributed by atoms with Crippen LogP contribution in [0.2, 0.25) is 0 Å². The van der Waals surface area contributed by atoms with Crippen LogP contribution in [0.4, 0.5) is 5.69 Å². The van der Waals surface area contributed by atoms with Crippen molar-refractivity contribution in [3.05, 3.63) is 54.1 Å². The number of anilines is 1. The third-order valence-corrected chi connectivity index (χ3v) is 6.28. The molecule has 1 amide bonds. The summed E-state index contributed by atoms with van der Waals surface area (Å²) in [6.07, 6.45) is 1.74. The zero-order valence-corrected chi connectivity index (χ0v) is 17.5. The molecule has 0 aliphatic heterocycles. The predicted octanol–water partition coefficient (Wildman–Crippen LogP) is 4.15. The average Bonchev–Trinajstić information content (AvgIpc) is 2.70. The fourth-order valence-electron chi connectivity index (χ4n) is 2.71. The molecule has 0 saturated heterocycles. The van der Waals surface area contributed by atoms with Crippen LogP contribution in [0, 0.1) is 0 Å². The van der Waals surface area contributed by atoms with E-state index in [0.717, 1.165) is 18.6 Å². The van der Waals surface area contributed by atoms with Crippen LogP contribution in [0.3, 0.4) is 0 Å². The van der Waals surface area contributed by atoms with Crippen molar-refractivity contribution in [3.8, 4) is 5.75 Å². The first kappa shape index (κ1) is 21.9. The lowest BCUT2D eigenvalue weighted by atomic mass is 10.2. The fraction of sp³-hybridized carbons (Fsp3) is 0.381. The quantitative estimate of drug-likeness (QED) is 0.645. The molecule has 0 atom stereocenters. The summed E-state index contributed by atoms with van der Waals surface area (Å²) in [5.74, 6) is 0.435. The zero-order chi connectivity index (χ0) is 20.6. The minimum absolute atomic E-state index is 0.197. The molecule has 0 bridgehead atoms. The second-order valence-corrected chi connectivity index (χ2v) is 8.22. The number of hydrogen-bond donors (Lipinski definition) is 1. The Hall–Kier alpha value is -2.38. The van der Waals surface area contributed by atoms with E-state index in [9.17, 15) is 13.2 Å². The number of hydrogen-bond acceptors (Lipinski definition) is 4. The summed E-state index contributed by atoms with van der Waals surface area (Å²) < 4.78 is 32.3. The number of amides is 1. The highest BCUT2D eigenvalue weighted by Crippen LogP contribution is 2.19. The van der Waals surface area contributed by atoms with Gasteiger partial charge in [-0.05, 0) is 61.9 Å². The molecule has 0 saturated carbocycles. The van der Waals surface area contributed by atoms with Crippen LogP contribution in [-0.4, -0.2) is 38.3 Å². The normalized spacial score (nSPS) is 11.4. The summed E-state index contributed by atoms with van der Waals surface area (Å²) in [4.78, 5) is 12.6. The Kier molecular flexibility index (Phi) is 8.02. The molecular weight excluding hydrogens is 376 g/mol. The van der Waals surface area contributed by atoms with Crippen molar-refractivity contribution in [1.29, 1.82) is 0 Å². The van der Waals surface area contributed by atoms with Crippen molar-refractivity contribution < 1.29 is 17.9 Å². The number of nitrogens with zero attached hydrogens (tertiary/aromatic N) is 1. The maximum absolute atomic E-state index is 12.7. The average molecular weight is 405 g/mol. The van der Waals surface area contributed by atoms with Gasteiger partial charge in [0.15, 0.2) is 0 Å². The summed E-state index contributed by atoms with van der Waals surface area (Å²) in [5.41, 5.74) is 1.03. The third kappa shape index (κ3) is 5.56. The number of unbranched alkanes of at least 4 members (excludes halogenated alkanes) is 1. The summed E-state index contributed by atoms with van der Waals surface area (Å²) in [6.45, 7) is 7.25. The molecule has 0 fully saturated rings. The molecule has 2 aromatic carbocycles. The van der Waals surface area contributed by atoms with Gasteiger partial charge in [0.25, 0.3) is 5.91 Å². The van der Waals surface area contributed by atoms with E-state index in [4.69, 9.17) is 4.74 Å². The Bertz CT molecular complexity index is 862. The highest BCUT2D eigenvalue weighted by atomic mass is 32.2. The number of sulfonamides is 1. The Morgan fingerprint density at radius 1 is 1.00 bits per heavy atom. The van der Waals surface area contributed by atoms with Crippen LogP contribution in [0.25, 0.3) is 0 Å². The van der Waals surface area contributed by atoms with Gasteiger partial charge in [0, 0.05) is 24.3 Å². The van der Waals surface area contributed by atoms with E-state index in [-0.39, 0.29) is 10.8 Å². The smallest absolute Gasteiger partial charge is 0.255 e. The van der Waals surface area contributed by atoms with E-state index >= 15 is 0 Å². The molecule has 0 radical (unpaired) electrons. The molecule has 0 aromatic heterocycles. The molecule has 0 aliphatic rings. The second-order valence-electron chi connectivity index (χ2n) is 6.29. The lowest BCUT2D eigenvalue weighted by Crippen LogP contribution is -2.31. The number of rotatable bonds is 10. The van der Waals surface area contributed by atoms with E-state index in [1.807, 2.05) is 20.8 Å². The van der Waals surface area contributed by atoms with Crippen LogP contribution < -0.4 is 10.1 Å². The molecule has 0 aliphatic carbocycles. The van der Waals surface area contributed by atoms with Gasteiger partial charge in [0.05, 0.1) is 11.5 Å². The second kappa shape index (κ2) is 10.2. The molecule has 7 heteroatoms. The molecular formula is C21H28N2O4S. The van der Waals surface area contributed by atoms with Gasteiger partial charge >= 0.3 is 0 Å². The summed E-state index contributed by atoms with van der Waals surface area (Å²) in [5, 5.41) is 2.79. The third-order valence-electron chi connectivity index (χ3n) is 4.29. The number of benzene rings is 2. The Morgan fingerprint density at radius 2 is 1.64 bits per heavy atom. The molecule has 152 valence electrons. The maximum atomic E-state index is 12.7. The van der Waals surface area contributed by atoms with Gasteiger partial charge in [-0.1, -0.05) is 20.3 Å². The molecule has 0 spiro atoms. The van der Waals surface area contributed by atoms with Crippen molar-refractivity contribution in [1.82, 2.24) is 4.31 Å². The first-order chi connectivity index (χ1) is 13.4. The number of ether oxygens (including phenoxy) is 1. The molecule has 28 heavy (non-hydrogen) atoms. The summed E-state index contributed by atoms with van der Waals surface area (Å²) in [7, 11) is -3.55. The monoisotopic (exact) mass is 404 g/mol. The highest BCUT2D eigenvalue weighted by Gasteiger charge is 2.22. The van der Waals surface area contributed by atoms with Gasteiger partial charge < -0.3 is 10.1 Å². The van der Waals surface area contributed by atoms with E-state index in [1.54, 1.807) is 24.3 Å². The van der Waals surface area contributed by atoms with Crippen molar-refractivity contribution in [2.75, 3.05) is 25.0 Å². The fourth-order valence-corrected chi connectivity index (χ4v) is 4.20. The lowest BCUT2D eigenvalue weighted by molar-refractivity contribution is 0.102. The highest BCUT2D eigenvalue weighted by molar-refractivity contribution is 7.89. The van der Waals surface area contributed by atoms with Crippen molar-refractivity contribution in [2.45, 2.75) is 38.5 Å². The number of carbonyl (C=O) groups is 1. The van der Waals surface area contributed by atoms with Crippen LogP contribution in [-0.2, 0) is 10.0 Å². The van der Waals surface area contributed by atoms with Crippen molar-refractivity contribution >= 4 is 21.6 Å². The molecule has 1 N–H and O–H groups in total. The van der Waals surface area contributed by atoms with E-state index in [0.29, 0.717) is 30.9 Å². The van der Waals surface area contributed by atoms with Crippen molar-refractivity contribution in [3.63, 3.8) is 0 Å². The SMILES string of the molecule is CCCCN(CC)S(=O)(=O)c1ccc(C(=O)Nc2ccc(OCC)cc2)cc1. The number of nitrogens with one attached hydrogen (secondary N) is 1. The molecule has 0 heterocycles. The first-order valence-electron chi connectivity index (χ1n) is 9.56. The Morgan fingerprint density at radius 3 is 2.18 bits per heavy atom. The first-order valence-corrected chi connectivity index (χ1v) is 11.0. The molecule has 2 aromatic rings. The van der Waals surface area contributed by atoms with Crippen LogP contribution in [0.5, 0.6) is 5.75 Å². The largest absolute Gasteiger partial charge is 0.494 e. The maximum Gasteiger partial charge on any atom is 0.255 e. The topological polar surface area (TPSA) is 75.7 Å². The van der Waals surface area contributed by atoms with Crippen LogP contribution in [0.15, 0.2) is 53.4 Å². The van der Waals surface area contributed by atoms with E-state index in [1.165, 1.54) is 28.6 Å². The summed E-state index contributed by atoms with van der Waals surface area (Å²) >= 11 is 0. The zero-order valence-electron chi connectivity index (χ0n) is 16.6. The van der Waals surface area contributed by atoms with Gasteiger partial charge in [-0.2, -0.15) is 4.31 Å². The standard InChI is InChI=1S/C21H28N2O4S/c1-4-7-16-23(5-2)28(25,26)20-14-8-17(9-15-20)21(24)22-18-10-12-19(13-11-18)27-6-3/h8-15H,4-7,16H2,1-3H3,(H,22,24). The van der Waals surface area contributed by atoms with Gasteiger partial charge in [-0.15, -0.1) is 0 Å². The predicted molar refractivity (Wildman–Crippen MR) is 111 cm³/mol. The minimum atomic E-state index is -3.55. The molecule has 2 rings (SSSR count). The van der Waals surface area contributed by atoms with Crippen LogP contribution in [0.1, 0.15) is 44.0 Å². The Balaban J connectivity index is 2.09. The molecule has 6 nitrogen and oxygen atoms in total. The van der Waals surface area contributed by atoms with Gasteiger partial charge in [-0.25, -0.2) is 8.42 Å². The van der Waals surface area contributed by atoms with E-state index < -0.39 is 10.0 Å². The number of carbonyl (C=O) groups excluding carboxylic acids is 1. The Labute approximate surface area is 167 Å². The van der Waals surface area contributed by atoms with Gasteiger partial charge in [0.2, 0.25) is 10.0 Å².